The number of rotatable bonds is 5. The van der Waals surface area contributed by atoms with E-state index in [1.54, 1.807) is 43.4 Å². The molecule has 5 nitrogen and oxygen atoms in total. The van der Waals surface area contributed by atoms with Gasteiger partial charge in [-0.25, -0.2) is 18.7 Å². The van der Waals surface area contributed by atoms with Crippen LogP contribution in [0.3, 0.4) is 0 Å². The van der Waals surface area contributed by atoms with Gasteiger partial charge in [-0.05, 0) is 30.3 Å². The third-order valence-electron chi connectivity index (χ3n) is 3.74. The van der Waals surface area contributed by atoms with Crippen molar-refractivity contribution in [2.75, 3.05) is 23.8 Å². The average Bonchev–Trinajstić information content (AvgIpc) is 2.63. The van der Waals surface area contributed by atoms with Crippen LogP contribution in [0.15, 0.2) is 42.5 Å². The van der Waals surface area contributed by atoms with Crippen LogP contribution in [0, 0.1) is 0 Å². The molecule has 1 N–H and O–H groups in total. The molecule has 0 fully saturated rings. The number of carbonyl (C=O) groups excluding carboxylic acids is 1. The number of alkyl halides is 2. The number of anilines is 2. The Bertz CT molecular complexity index is 1000. The van der Waals surface area contributed by atoms with Gasteiger partial charge in [0.25, 0.3) is 6.43 Å². The van der Waals surface area contributed by atoms with E-state index < -0.39 is 12.2 Å². The smallest absolute Gasteiger partial charge is 0.297 e. The average molecular weight is 411 g/mol. The van der Waals surface area contributed by atoms with Gasteiger partial charge in [-0.3, -0.25) is 4.79 Å². The van der Waals surface area contributed by atoms with Gasteiger partial charge < -0.3 is 10.2 Å². The van der Waals surface area contributed by atoms with Crippen LogP contribution in [0.2, 0.25) is 10.0 Å². The van der Waals surface area contributed by atoms with Gasteiger partial charge in [0.15, 0.2) is 5.82 Å². The molecule has 3 rings (SSSR count). The molecule has 27 heavy (non-hydrogen) atoms. The number of benzene rings is 2. The van der Waals surface area contributed by atoms with Gasteiger partial charge >= 0.3 is 0 Å². The molecule has 9 heteroatoms. The molecule has 0 aliphatic rings. The Morgan fingerprint density at radius 1 is 1.15 bits per heavy atom. The summed E-state index contributed by atoms with van der Waals surface area (Å²) in [5, 5.41) is 3.94. The third kappa shape index (κ3) is 4.43. The summed E-state index contributed by atoms with van der Waals surface area (Å²) in [5.74, 6) is -0.696. The largest absolute Gasteiger partial charge is 0.350 e. The first-order chi connectivity index (χ1) is 12.8. The zero-order chi connectivity index (χ0) is 19.6. The molecule has 0 atom stereocenters. The van der Waals surface area contributed by atoms with Crippen LogP contribution in [-0.4, -0.2) is 29.5 Å². The van der Waals surface area contributed by atoms with Crippen molar-refractivity contribution in [3.8, 4) is 0 Å². The van der Waals surface area contributed by atoms with E-state index in [0.717, 1.165) is 0 Å². The van der Waals surface area contributed by atoms with Crippen molar-refractivity contribution >= 4 is 51.5 Å². The van der Waals surface area contributed by atoms with Gasteiger partial charge in [0, 0.05) is 18.1 Å². The second kappa shape index (κ2) is 8.02. The van der Waals surface area contributed by atoms with Crippen LogP contribution in [0.5, 0.6) is 0 Å². The summed E-state index contributed by atoms with van der Waals surface area (Å²) in [4.78, 5) is 21.6. The van der Waals surface area contributed by atoms with E-state index in [9.17, 15) is 13.6 Å². The van der Waals surface area contributed by atoms with E-state index in [1.165, 1.54) is 11.0 Å². The second-order valence-electron chi connectivity index (χ2n) is 5.76. The predicted molar refractivity (Wildman–Crippen MR) is 103 cm³/mol. The minimum Gasteiger partial charge on any atom is -0.350 e. The highest BCUT2D eigenvalue weighted by atomic mass is 35.5. The van der Waals surface area contributed by atoms with Crippen molar-refractivity contribution in [1.29, 1.82) is 0 Å². The summed E-state index contributed by atoms with van der Waals surface area (Å²) >= 11 is 11.8. The van der Waals surface area contributed by atoms with Gasteiger partial charge in [-0.2, -0.15) is 0 Å². The molecule has 0 aliphatic heterocycles. The number of likely N-dealkylation sites (N-methyl/N-ethyl adjacent to an activating group) is 1. The summed E-state index contributed by atoms with van der Waals surface area (Å²) in [6.45, 7) is -0.107. The highest BCUT2D eigenvalue weighted by Crippen LogP contribution is 2.27. The number of carbonyl (C=O) groups is 1. The number of hydrogen-bond acceptors (Lipinski definition) is 4. The Balaban J connectivity index is 1.83. The molecule has 2 aromatic carbocycles. The van der Waals surface area contributed by atoms with Crippen LogP contribution in [0.1, 0.15) is 12.2 Å². The number of nitrogens with one attached hydrogen (secondary N) is 1. The van der Waals surface area contributed by atoms with E-state index in [2.05, 4.69) is 15.3 Å². The number of fused-ring (bicyclic) bond motifs is 1. The highest BCUT2D eigenvalue weighted by molar-refractivity contribution is 6.42. The number of aromatic nitrogens is 2. The number of amides is 1. The van der Waals surface area contributed by atoms with E-state index in [-0.39, 0.29) is 18.3 Å². The summed E-state index contributed by atoms with van der Waals surface area (Å²) in [6.07, 6.45) is -2.81. The fourth-order valence-electron chi connectivity index (χ4n) is 2.53. The van der Waals surface area contributed by atoms with E-state index in [1.807, 2.05) is 0 Å². The Kier molecular flexibility index (Phi) is 5.72. The highest BCUT2D eigenvalue weighted by Gasteiger charge is 2.18. The van der Waals surface area contributed by atoms with Crippen molar-refractivity contribution in [3.05, 3.63) is 58.3 Å². The predicted octanol–water partition coefficient (Wildman–Crippen LogP) is 4.95. The van der Waals surface area contributed by atoms with Gasteiger partial charge in [0.1, 0.15) is 5.82 Å². The Morgan fingerprint density at radius 2 is 1.89 bits per heavy atom. The molecule has 0 spiro atoms. The minimum absolute atomic E-state index is 0.107. The molecule has 0 aliphatic carbocycles. The van der Waals surface area contributed by atoms with Crippen LogP contribution in [0.25, 0.3) is 10.9 Å². The SMILES string of the molecule is CN(CC(=O)Nc1ccc(Cl)c(Cl)c1)c1nc(C(F)F)nc2ccccc12. The Hall–Kier alpha value is -2.51. The minimum atomic E-state index is -2.81. The maximum atomic E-state index is 13.1. The van der Waals surface area contributed by atoms with Crippen LogP contribution < -0.4 is 10.2 Å². The zero-order valence-electron chi connectivity index (χ0n) is 14.1. The summed E-state index contributed by atoms with van der Waals surface area (Å²) in [5.41, 5.74) is 0.859. The molecule has 0 bridgehead atoms. The van der Waals surface area contributed by atoms with Gasteiger partial charge in [-0.15, -0.1) is 0 Å². The van der Waals surface area contributed by atoms with Crippen molar-refractivity contribution in [1.82, 2.24) is 9.97 Å². The fraction of sp³-hybridized carbons (Fsp3) is 0.167. The van der Waals surface area contributed by atoms with Gasteiger partial charge in [0.2, 0.25) is 5.91 Å². The molecule has 0 saturated heterocycles. The van der Waals surface area contributed by atoms with Crippen molar-refractivity contribution in [3.63, 3.8) is 0 Å². The lowest BCUT2D eigenvalue weighted by molar-refractivity contribution is -0.114. The lowest BCUT2D eigenvalue weighted by Crippen LogP contribution is -2.31. The quantitative estimate of drug-likeness (QED) is 0.646. The van der Waals surface area contributed by atoms with Gasteiger partial charge in [0.05, 0.1) is 22.1 Å². The van der Waals surface area contributed by atoms with E-state index in [4.69, 9.17) is 23.2 Å². The van der Waals surface area contributed by atoms with Crippen LogP contribution in [0.4, 0.5) is 20.3 Å². The Labute approximate surface area is 163 Å². The maximum Gasteiger partial charge on any atom is 0.297 e. The fourth-order valence-corrected chi connectivity index (χ4v) is 2.83. The lowest BCUT2D eigenvalue weighted by Gasteiger charge is -2.20. The van der Waals surface area contributed by atoms with Crippen molar-refractivity contribution in [2.45, 2.75) is 6.43 Å². The maximum absolute atomic E-state index is 13.1. The summed E-state index contributed by atoms with van der Waals surface area (Å²) < 4.78 is 26.2. The topological polar surface area (TPSA) is 58.1 Å². The van der Waals surface area contributed by atoms with Crippen LogP contribution in [-0.2, 0) is 4.79 Å². The first kappa shape index (κ1) is 19.3. The molecule has 0 radical (unpaired) electrons. The monoisotopic (exact) mass is 410 g/mol. The number of hydrogen-bond donors (Lipinski definition) is 1. The first-order valence-electron chi connectivity index (χ1n) is 7.86. The molecule has 0 saturated carbocycles. The Morgan fingerprint density at radius 3 is 2.59 bits per heavy atom. The van der Waals surface area contributed by atoms with E-state index in [0.29, 0.717) is 26.6 Å². The third-order valence-corrected chi connectivity index (χ3v) is 4.48. The molecule has 3 aromatic rings. The second-order valence-corrected chi connectivity index (χ2v) is 6.57. The lowest BCUT2D eigenvalue weighted by atomic mass is 10.2. The first-order valence-corrected chi connectivity index (χ1v) is 8.61. The number of para-hydroxylation sites is 1. The number of halogens is 4. The molecule has 1 amide bonds. The van der Waals surface area contributed by atoms with Gasteiger partial charge in [-0.1, -0.05) is 35.3 Å². The van der Waals surface area contributed by atoms with Crippen LogP contribution >= 0.6 is 23.2 Å². The molecular formula is C18H14Cl2F2N4O. The van der Waals surface area contributed by atoms with Crippen molar-refractivity contribution < 1.29 is 13.6 Å². The van der Waals surface area contributed by atoms with Crippen molar-refractivity contribution in [2.24, 2.45) is 0 Å². The standard InChI is InChI=1S/C18H14Cl2F2N4O/c1-26(9-15(27)23-10-6-7-12(19)13(20)8-10)18-11-4-2-3-5-14(11)24-17(25-18)16(21)22/h2-8,16H,9H2,1H3,(H,23,27). The summed E-state index contributed by atoms with van der Waals surface area (Å²) in [7, 11) is 1.60. The molecule has 1 heterocycles. The molecule has 1 aromatic heterocycles. The van der Waals surface area contributed by atoms with E-state index >= 15 is 0 Å². The molecular weight excluding hydrogens is 397 g/mol. The zero-order valence-corrected chi connectivity index (χ0v) is 15.6. The molecule has 140 valence electrons. The number of nitrogens with zero attached hydrogens (tertiary/aromatic N) is 3. The molecule has 0 unspecified atom stereocenters. The normalized spacial score (nSPS) is 11.0. The summed E-state index contributed by atoms with van der Waals surface area (Å²) in [6, 6.07) is 11.5.